The molecule has 28 heavy (non-hydrogen) atoms. The topological polar surface area (TPSA) is 38.7 Å². The van der Waals surface area contributed by atoms with Crippen LogP contribution in [-0.2, 0) is 9.47 Å². The van der Waals surface area contributed by atoms with Crippen molar-refractivity contribution in [3.63, 3.8) is 0 Å². The van der Waals surface area contributed by atoms with E-state index in [9.17, 15) is 5.11 Å². The summed E-state index contributed by atoms with van der Waals surface area (Å²) in [4.78, 5) is 0. The highest BCUT2D eigenvalue weighted by atomic mass is 16.7. The van der Waals surface area contributed by atoms with Gasteiger partial charge in [0.05, 0.1) is 12.2 Å². The highest BCUT2D eigenvalue weighted by molar-refractivity contribution is 5.07. The van der Waals surface area contributed by atoms with Crippen LogP contribution in [-0.4, -0.2) is 30.2 Å². The van der Waals surface area contributed by atoms with Crippen molar-refractivity contribution in [2.75, 3.05) is 6.61 Å². The van der Waals surface area contributed by atoms with Crippen molar-refractivity contribution in [1.29, 1.82) is 0 Å². The van der Waals surface area contributed by atoms with E-state index in [4.69, 9.17) is 9.47 Å². The van der Waals surface area contributed by atoms with Gasteiger partial charge in [-0.25, -0.2) is 0 Å². The predicted molar refractivity (Wildman–Crippen MR) is 117 cm³/mol. The van der Waals surface area contributed by atoms with Gasteiger partial charge < -0.3 is 14.6 Å². The van der Waals surface area contributed by atoms with Crippen molar-refractivity contribution in [3.8, 4) is 0 Å². The molecule has 2 fully saturated rings. The molecule has 0 bridgehead atoms. The summed E-state index contributed by atoms with van der Waals surface area (Å²) in [5, 5.41) is 10.5. The molecule has 3 unspecified atom stereocenters. The van der Waals surface area contributed by atoms with Gasteiger partial charge in [0, 0.05) is 12.0 Å². The molecule has 2 aliphatic rings. The molecule has 1 heterocycles. The minimum absolute atomic E-state index is 0.0259. The average Bonchev–Trinajstić information content (AvgIpc) is 2.73. The van der Waals surface area contributed by atoms with Gasteiger partial charge >= 0.3 is 0 Å². The third-order valence-electron chi connectivity index (χ3n) is 6.70. The summed E-state index contributed by atoms with van der Waals surface area (Å²) in [6.07, 6.45) is 23.3. The number of hydrogen-bond acceptors (Lipinski definition) is 3. The molecule has 0 radical (unpaired) electrons. The zero-order chi connectivity index (χ0) is 20.1. The average molecular weight is 395 g/mol. The Labute approximate surface area is 174 Å². The second-order valence-electron chi connectivity index (χ2n) is 9.13. The molecule has 3 atom stereocenters. The fourth-order valence-corrected chi connectivity index (χ4v) is 4.88. The molecule has 2 rings (SSSR count). The maximum atomic E-state index is 10.5. The first-order valence-electron chi connectivity index (χ1n) is 12.3. The zero-order valence-corrected chi connectivity index (χ0v) is 18.7. The van der Waals surface area contributed by atoms with Gasteiger partial charge in [0.15, 0.2) is 6.29 Å². The van der Waals surface area contributed by atoms with Crippen molar-refractivity contribution in [2.24, 2.45) is 5.41 Å². The van der Waals surface area contributed by atoms with Crippen LogP contribution < -0.4 is 0 Å². The maximum absolute atomic E-state index is 10.5. The van der Waals surface area contributed by atoms with E-state index in [1.54, 1.807) is 0 Å². The first-order valence-corrected chi connectivity index (χ1v) is 12.3. The first-order chi connectivity index (χ1) is 13.7. The maximum Gasteiger partial charge on any atom is 0.157 e. The van der Waals surface area contributed by atoms with Crippen LogP contribution in [0.2, 0.25) is 0 Å². The largest absolute Gasteiger partial charge is 0.389 e. The van der Waals surface area contributed by atoms with Crippen LogP contribution in [0.25, 0.3) is 0 Å². The lowest BCUT2D eigenvalue weighted by Gasteiger charge is -2.43. The molecule has 1 saturated carbocycles. The Morgan fingerprint density at radius 1 is 0.964 bits per heavy atom. The number of rotatable bonds is 13. The normalized spacial score (nSPS) is 25.0. The van der Waals surface area contributed by atoms with Gasteiger partial charge in [-0.1, -0.05) is 83.8 Å². The van der Waals surface area contributed by atoms with E-state index in [0.29, 0.717) is 0 Å². The van der Waals surface area contributed by atoms with Crippen molar-refractivity contribution in [1.82, 2.24) is 0 Å². The van der Waals surface area contributed by atoms with Gasteiger partial charge in [0.25, 0.3) is 0 Å². The van der Waals surface area contributed by atoms with Crippen molar-refractivity contribution in [3.05, 3.63) is 12.2 Å². The Balaban J connectivity index is 2.07. The number of ether oxygens (including phenoxy) is 2. The van der Waals surface area contributed by atoms with Crippen molar-refractivity contribution >= 4 is 0 Å². The fourth-order valence-electron chi connectivity index (χ4n) is 4.88. The van der Waals surface area contributed by atoms with Crippen LogP contribution in [0.1, 0.15) is 117 Å². The molecule has 1 saturated heterocycles. The smallest absolute Gasteiger partial charge is 0.157 e. The summed E-state index contributed by atoms with van der Waals surface area (Å²) >= 11 is 0. The number of unbranched alkanes of at least 4 members (excludes halogenated alkanes) is 4. The van der Waals surface area contributed by atoms with E-state index in [2.05, 4.69) is 26.0 Å². The minimum atomic E-state index is -0.312. The Morgan fingerprint density at radius 2 is 1.68 bits per heavy atom. The van der Waals surface area contributed by atoms with Crippen molar-refractivity contribution in [2.45, 2.75) is 135 Å². The summed E-state index contributed by atoms with van der Waals surface area (Å²) in [6.45, 7) is 5.32. The Bertz CT molecular complexity index is 408. The van der Waals surface area contributed by atoms with Crippen LogP contribution in [0.3, 0.4) is 0 Å². The molecule has 0 aromatic rings. The van der Waals surface area contributed by atoms with E-state index < -0.39 is 0 Å². The van der Waals surface area contributed by atoms with E-state index in [-0.39, 0.29) is 23.9 Å². The molecule has 0 amide bonds. The number of aliphatic hydroxyl groups excluding tert-OH is 1. The third kappa shape index (κ3) is 8.16. The third-order valence-corrected chi connectivity index (χ3v) is 6.70. The molecule has 0 aromatic carbocycles. The van der Waals surface area contributed by atoms with Crippen molar-refractivity contribution < 1.29 is 14.6 Å². The van der Waals surface area contributed by atoms with E-state index in [1.807, 2.05) is 0 Å². The molecule has 3 heteroatoms. The van der Waals surface area contributed by atoms with Gasteiger partial charge in [-0.15, -0.1) is 0 Å². The molecule has 1 aliphatic heterocycles. The zero-order valence-electron chi connectivity index (χ0n) is 18.7. The lowest BCUT2D eigenvalue weighted by atomic mass is 9.68. The molecule has 3 nitrogen and oxygen atoms in total. The SMILES string of the molecule is CCCCCC(O)C=CC1(C(CCCCC)OC2CCCCO2)CCCCC1. The van der Waals surface area contributed by atoms with Crippen LogP contribution in [0.15, 0.2) is 12.2 Å². The van der Waals surface area contributed by atoms with Crippen LogP contribution in [0.4, 0.5) is 0 Å². The molecule has 0 aromatic heterocycles. The fraction of sp³-hybridized carbons (Fsp3) is 0.920. The monoisotopic (exact) mass is 394 g/mol. The standard InChI is InChI=1S/C25H46O3/c1-3-5-8-14-22(26)17-20-25(18-11-7-12-19-25)23(15-9-6-4-2)28-24-16-10-13-21-27-24/h17,20,22-24,26H,3-16,18-19,21H2,1-2H3. The molecule has 0 spiro atoms. The summed E-state index contributed by atoms with van der Waals surface area (Å²) < 4.78 is 12.6. The van der Waals surface area contributed by atoms with Gasteiger partial charge in [0.1, 0.15) is 0 Å². The minimum Gasteiger partial charge on any atom is -0.389 e. The van der Waals surface area contributed by atoms with Crippen LogP contribution in [0, 0.1) is 5.41 Å². The molecular weight excluding hydrogens is 348 g/mol. The first kappa shape index (κ1) is 23.9. The Hall–Kier alpha value is -0.380. The molecule has 1 aliphatic carbocycles. The number of aliphatic hydroxyl groups is 1. The van der Waals surface area contributed by atoms with Gasteiger partial charge in [-0.05, 0) is 44.9 Å². The molecule has 164 valence electrons. The Kier molecular flexibility index (Phi) is 11.8. The summed E-state index contributed by atoms with van der Waals surface area (Å²) in [7, 11) is 0. The summed E-state index contributed by atoms with van der Waals surface area (Å²) in [6, 6.07) is 0. The second-order valence-corrected chi connectivity index (χ2v) is 9.13. The summed E-state index contributed by atoms with van der Waals surface area (Å²) in [5.41, 5.74) is 0.0819. The van der Waals surface area contributed by atoms with E-state index in [0.717, 1.165) is 38.7 Å². The lowest BCUT2D eigenvalue weighted by Crippen LogP contribution is -2.41. The van der Waals surface area contributed by atoms with E-state index in [1.165, 1.54) is 70.6 Å². The Morgan fingerprint density at radius 3 is 2.32 bits per heavy atom. The van der Waals surface area contributed by atoms with Crippen LogP contribution in [0.5, 0.6) is 0 Å². The molecule has 1 N–H and O–H groups in total. The molecular formula is C25H46O3. The quantitative estimate of drug-likeness (QED) is 0.272. The predicted octanol–water partition coefficient (Wildman–Crippen LogP) is 6.93. The highest BCUT2D eigenvalue weighted by Gasteiger charge is 2.39. The second kappa shape index (κ2) is 13.8. The van der Waals surface area contributed by atoms with Gasteiger partial charge in [0.2, 0.25) is 0 Å². The summed E-state index contributed by atoms with van der Waals surface area (Å²) in [5.74, 6) is 0. The van der Waals surface area contributed by atoms with Crippen LogP contribution >= 0.6 is 0 Å². The van der Waals surface area contributed by atoms with E-state index >= 15 is 0 Å². The lowest BCUT2D eigenvalue weighted by molar-refractivity contribution is -0.212. The van der Waals surface area contributed by atoms with Gasteiger partial charge in [-0.3, -0.25) is 0 Å². The van der Waals surface area contributed by atoms with Gasteiger partial charge in [-0.2, -0.15) is 0 Å². The number of hydrogen-bond donors (Lipinski definition) is 1. The highest BCUT2D eigenvalue weighted by Crippen LogP contribution is 2.44.